The van der Waals surface area contributed by atoms with Crippen LogP contribution < -0.4 is 15.4 Å². The van der Waals surface area contributed by atoms with Gasteiger partial charge in [0.2, 0.25) is 5.91 Å². The molecule has 3 heterocycles. The van der Waals surface area contributed by atoms with Crippen molar-refractivity contribution in [2.45, 2.75) is 51.7 Å². The molecule has 0 spiro atoms. The molecule has 0 bridgehead atoms. The third kappa shape index (κ3) is 6.09. The van der Waals surface area contributed by atoms with Crippen molar-refractivity contribution in [2.24, 2.45) is 11.7 Å². The van der Waals surface area contributed by atoms with Crippen molar-refractivity contribution in [3.8, 4) is 6.01 Å². The highest BCUT2D eigenvalue weighted by Crippen LogP contribution is 2.21. The number of rotatable bonds is 5. The van der Waals surface area contributed by atoms with Crippen LogP contribution >= 0.6 is 24.8 Å². The molecule has 1 atom stereocenters. The molecule has 1 aromatic rings. The van der Waals surface area contributed by atoms with Crippen molar-refractivity contribution in [3.05, 3.63) is 12.4 Å². The minimum Gasteiger partial charge on any atom is -0.460 e. The number of hydrogen-bond acceptors (Lipinski definition) is 6. The van der Waals surface area contributed by atoms with Gasteiger partial charge in [0.1, 0.15) is 6.10 Å². The minimum absolute atomic E-state index is 0. The molecular formula is C18H31Cl2N5O2. The lowest BCUT2D eigenvalue weighted by molar-refractivity contribution is -0.135. The van der Waals surface area contributed by atoms with Crippen LogP contribution in [0, 0.1) is 5.92 Å². The summed E-state index contributed by atoms with van der Waals surface area (Å²) in [5.74, 6) is 0.198. The summed E-state index contributed by atoms with van der Waals surface area (Å²) >= 11 is 0. The Balaban J connectivity index is 0.00000182. The maximum Gasteiger partial charge on any atom is 0.316 e. The van der Waals surface area contributed by atoms with E-state index in [0.29, 0.717) is 19.1 Å². The van der Waals surface area contributed by atoms with E-state index in [0.717, 1.165) is 31.6 Å². The fraction of sp³-hybridized carbons (Fsp3) is 0.722. The molecule has 1 amide bonds. The van der Waals surface area contributed by atoms with Gasteiger partial charge in [-0.1, -0.05) is 13.8 Å². The van der Waals surface area contributed by atoms with Gasteiger partial charge in [0, 0.05) is 39.0 Å². The molecule has 2 aliphatic rings. The van der Waals surface area contributed by atoms with Crippen LogP contribution in [0.2, 0.25) is 0 Å². The number of piperidine rings is 1. The van der Waals surface area contributed by atoms with E-state index in [-0.39, 0.29) is 42.7 Å². The van der Waals surface area contributed by atoms with Gasteiger partial charge >= 0.3 is 6.01 Å². The molecule has 2 saturated heterocycles. The van der Waals surface area contributed by atoms with E-state index < -0.39 is 6.04 Å². The molecule has 0 aliphatic carbocycles. The second-order valence-electron chi connectivity index (χ2n) is 7.33. The average molecular weight is 420 g/mol. The Morgan fingerprint density at radius 3 is 2.19 bits per heavy atom. The first kappa shape index (κ1) is 23.7. The van der Waals surface area contributed by atoms with E-state index in [4.69, 9.17) is 10.5 Å². The van der Waals surface area contributed by atoms with Crippen molar-refractivity contribution in [3.63, 3.8) is 0 Å². The summed E-state index contributed by atoms with van der Waals surface area (Å²) in [5.41, 5.74) is 7.03. The Hall–Kier alpha value is -1.31. The first-order valence-electron chi connectivity index (χ1n) is 9.32. The summed E-state index contributed by atoms with van der Waals surface area (Å²) in [5, 5.41) is 0. The highest BCUT2D eigenvalue weighted by Gasteiger charge is 2.28. The fourth-order valence-corrected chi connectivity index (χ4v) is 3.35. The molecule has 7 nitrogen and oxygen atoms in total. The number of likely N-dealkylation sites (tertiary alicyclic amines) is 1. The Morgan fingerprint density at radius 1 is 1.11 bits per heavy atom. The first-order chi connectivity index (χ1) is 12.0. The summed E-state index contributed by atoms with van der Waals surface area (Å²) < 4.78 is 5.90. The number of nitrogens with zero attached hydrogens (tertiary/aromatic N) is 4. The van der Waals surface area contributed by atoms with Gasteiger partial charge in [0.25, 0.3) is 0 Å². The van der Waals surface area contributed by atoms with Gasteiger partial charge in [-0.3, -0.25) is 4.79 Å². The van der Waals surface area contributed by atoms with Crippen LogP contribution in [-0.4, -0.2) is 59.1 Å². The van der Waals surface area contributed by atoms with Crippen LogP contribution in [0.25, 0.3) is 0 Å². The SMILES string of the molecule is CC(C)[C@H](N)C(=O)N1CCC(Oc2ncc(N3CCCC3)cn2)CC1.Cl.Cl. The third-order valence-electron chi connectivity index (χ3n) is 5.11. The number of carbonyl (C=O) groups excluding carboxylic acids is 1. The molecule has 0 saturated carbocycles. The topological polar surface area (TPSA) is 84.6 Å². The second-order valence-corrected chi connectivity index (χ2v) is 7.33. The highest BCUT2D eigenvalue weighted by atomic mass is 35.5. The van der Waals surface area contributed by atoms with Crippen LogP contribution in [0.3, 0.4) is 0 Å². The van der Waals surface area contributed by atoms with E-state index in [1.807, 2.05) is 31.1 Å². The van der Waals surface area contributed by atoms with Gasteiger partial charge in [-0.15, -0.1) is 24.8 Å². The predicted octanol–water partition coefficient (Wildman–Crippen LogP) is 2.27. The van der Waals surface area contributed by atoms with Crippen molar-refractivity contribution in [1.82, 2.24) is 14.9 Å². The van der Waals surface area contributed by atoms with E-state index >= 15 is 0 Å². The van der Waals surface area contributed by atoms with Gasteiger partial charge < -0.3 is 20.3 Å². The molecule has 1 aromatic heterocycles. The third-order valence-corrected chi connectivity index (χ3v) is 5.11. The summed E-state index contributed by atoms with van der Waals surface area (Å²) in [6.07, 6.45) is 7.77. The van der Waals surface area contributed by atoms with Gasteiger partial charge in [0.15, 0.2) is 0 Å². The number of aromatic nitrogens is 2. The number of nitrogens with two attached hydrogens (primary N) is 1. The Kier molecular flexibility index (Phi) is 9.56. The first-order valence-corrected chi connectivity index (χ1v) is 9.32. The van der Waals surface area contributed by atoms with Crippen LogP contribution in [0.15, 0.2) is 12.4 Å². The van der Waals surface area contributed by atoms with E-state index in [2.05, 4.69) is 14.9 Å². The number of carbonyl (C=O) groups is 1. The highest BCUT2D eigenvalue weighted by molar-refractivity contribution is 5.85. The zero-order chi connectivity index (χ0) is 17.8. The van der Waals surface area contributed by atoms with E-state index in [9.17, 15) is 4.79 Å². The lowest BCUT2D eigenvalue weighted by atomic mass is 10.0. The molecule has 0 aromatic carbocycles. The van der Waals surface area contributed by atoms with E-state index in [1.54, 1.807) is 0 Å². The Labute approximate surface area is 173 Å². The summed E-state index contributed by atoms with van der Waals surface area (Å²) in [6.45, 7) is 7.46. The van der Waals surface area contributed by atoms with Crippen molar-refractivity contribution in [2.75, 3.05) is 31.1 Å². The number of anilines is 1. The summed E-state index contributed by atoms with van der Waals surface area (Å²) in [4.78, 5) is 25.1. The van der Waals surface area contributed by atoms with Crippen molar-refractivity contribution < 1.29 is 9.53 Å². The van der Waals surface area contributed by atoms with Crippen molar-refractivity contribution >= 4 is 36.4 Å². The largest absolute Gasteiger partial charge is 0.460 e. The Morgan fingerprint density at radius 2 is 1.67 bits per heavy atom. The maximum absolute atomic E-state index is 12.3. The number of ether oxygens (including phenoxy) is 1. The van der Waals surface area contributed by atoms with Crippen LogP contribution in [0.1, 0.15) is 39.5 Å². The molecule has 0 radical (unpaired) electrons. The molecule has 2 fully saturated rings. The smallest absolute Gasteiger partial charge is 0.316 e. The zero-order valence-corrected chi connectivity index (χ0v) is 17.7. The number of halogens is 2. The molecule has 2 aliphatic heterocycles. The van der Waals surface area contributed by atoms with E-state index in [1.165, 1.54) is 12.8 Å². The number of hydrogen-bond donors (Lipinski definition) is 1. The molecule has 3 rings (SSSR count). The van der Waals surface area contributed by atoms with Gasteiger partial charge in [0.05, 0.1) is 24.1 Å². The summed E-state index contributed by atoms with van der Waals surface area (Å²) in [6, 6.07) is 0.00513. The molecule has 154 valence electrons. The molecule has 9 heteroatoms. The quantitative estimate of drug-likeness (QED) is 0.787. The normalized spacial score (nSPS) is 18.7. The fourth-order valence-electron chi connectivity index (χ4n) is 3.35. The maximum atomic E-state index is 12.3. The average Bonchev–Trinajstić information content (AvgIpc) is 3.16. The predicted molar refractivity (Wildman–Crippen MR) is 111 cm³/mol. The van der Waals surface area contributed by atoms with Gasteiger partial charge in [-0.2, -0.15) is 0 Å². The summed E-state index contributed by atoms with van der Waals surface area (Å²) in [7, 11) is 0. The molecule has 27 heavy (non-hydrogen) atoms. The lowest BCUT2D eigenvalue weighted by Crippen LogP contribution is -2.50. The van der Waals surface area contributed by atoms with Crippen LogP contribution in [0.4, 0.5) is 5.69 Å². The minimum atomic E-state index is -0.418. The molecule has 2 N–H and O–H groups in total. The lowest BCUT2D eigenvalue weighted by Gasteiger charge is -2.33. The zero-order valence-electron chi connectivity index (χ0n) is 16.0. The Bertz CT molecular complexity index is 574. The van der Waals surface area contributed by atoms with Crippen molar-refractivity contribution in [1.29, 1.82) is 0 Å². The molecule has 0 unspecified atom stereocenters. The van der Waals surface area contributed by atoms with Crippen LogP contribution in [0.5, 0.6) is 6.01 Å². The number of amides is 1. The second kappa shape index (κ2) is 10.9. The standard InChI is InChI=1S/C18H29N5O2.2ClH/c1-13(2)16(19)17(24)23-9-5-15(6-10-23)25-18-20-11-14(12-21-18)22-7-3-4-8-22;;/h11-13,15-16H,3-10,19H2,1-2H3;2*1H/t16-;;/m0../s1. The monoisotopic (exact) mass is 419 g/mol. The van der Waals surface area contributed by atoms with Crippen LogP contribution in [-0.2, 0) is 4.79 Å². The van der Waals surface area contributed by atoms with Gasteiger partial charge in [-0.05, 0) is 18.8 Å². The molecular weight excluding hydrogens is 389 g/mol. The van der Waals surface area contributed by atoms with Gasteiger partial charge in [-0.25, -0.2) is 9.97 Å².